The molecule has 0 N–H and O–H groups in total. The van der Waals surface area contributed by atoms with Crippen molar-refractivity contribution in [1.29, 1.82) is 0 Å². The van der Waals surface area contributed by atoms with E-state index in [1.54, 1.807) is 0 Å². The molecule has 2 saturated carbocycles. The van der Waals surface area contributed by atoms with Crippen LogP contribution >= 0.6 is 20.2 Å². The van der Waals surface area contributed by atoms with Gasteiger partial charge in [-0.1, -0.05) is 58.4 Å². The number of rotatable bonds is 6. The molecule has 0 saturated heterocycles. The maximum absolute atomic E-state index is 5.11. The fourth-order valence-corrected chi connectivity index (χ4v) is 5.14. The summed E-state index contributed by atoms with van der Waals surface area (Å²) in [5.41, 5.74) is 4.21. The quantitative estimate of drug-likeness (QED) is 0.283. The van der Waals surface area contributed by atoms with E-state index in [4.69, 9.17) is 35.2 Å². The van der Waals surface area contributed by atoms with Gasteiger partial charge in [0.1, 0.15) is 0 Å². The molecule has 1 aromatic heterocycles. The Balaban J connectivity index is 0.00000107. The summed E-state index contributed by atoms with van der Waals surface area (Å²) in [6.07, 6.45) is 13.0. The number of aromatic nitrogens is 1. The summed E-state index contributed by atoms with van der Waals surface area (Å²) in [4.78, 5) is 15.2. The Labute approximate surface area is 204 Å². The van der Waals surface area contributed by atoms with Crippen LogP contribution in [0, 0.1) is 11.8 Å². The number of pyridine rings is 1. The van der Waals surface area contributed by atoms with Gasteiger partial charge in [0.15, 0.2) is 0 Å². The van der Waals surface area contributed by atoms with Crippen molar-refractivity contribution in [2.24, 2.45) is 21.8 Å². The van der Waals surface area contributed by atoms with E-state index < -0.39 is 0 Å². The van der Waals surface area contributed by atoms with E-state index in [-0.39, 0.29) is 13.1 Å². The van der Waals surface area contributed by atoms with Crippen LogP contribution in [0.15, 0.2) is 28.2 Å². The Morgan fingerprint density at radius 3 is 1.61 bits per heavy atom. The van der Waals surface area contributed by atoms with Crippen molar-refractivity contribution in [3.05, 3.63) is 29.6 Å². The molecule has 1 heterocycles. The summed E-state index contributed by atoms with van der Waals surface area (Å²) in [5.74, 6) is 1.49. The van der Waals surface area contributed by atoms with Gasteiger partial charge in [-0.05, 0) is 63.5 Å². The molecule has 3 rings (SSSR count). The second-order valence-corrected chi connectivity index (χ2v) is 10.8. The first-order valence-corrected chi connectivity index (χ1v) is 15.0. The molecule has 0 radical (unpaired) electrons. The summed E-state index contributed by atoms with van der Waals surface area (Å²) in [5, 5.41) is 0. The second kappa shape index (κ2) is 14.7. The summed E-state index contributed by atoms with van der Waals surface area (Å²) < 4.78 is 0. The topological polar surface area (TPSA) is 37.6 Å². The zero-order valence-corrected chi connectivity index (χ0v) is 22.2. The van der Waals surface area contributed by atoms with Crippen LogP contribution in [0.25, 0.3) is 0 Å². The molecule has 0 aliphatic heterocycles. The molecule has 4 atom stereocenters. The normalized spacial score (nSPS) is 27.5. The number of halogens is 2. The first-order valence-electron chi connectivity index (χ1n) is 12.0. The van der Waals surface area contributed by atoms with Crippen LogP contribution in [-0.4, -0.2) is 28.5 Å². The van der Waals surface area contributed by atoms with Gasteiger partial charge in [0.05, 0.1) is 34.9 Å². The molecule has 2 aliphatic rings. The average Bonchev–Trinajstić information content (AvgIpc) is 2.80. The van der Waals surface area contributed by atoms with Crippen molar-refractivity contribution in [3.63, 3.8) is 0 Å². The van der Waals surface area contributed by atoms with E-state index >= 15 is 0 Å². The van der Waals surface area contributed by atoms with E-state index in [1.807, 2.05) is 0 Å². The summed E-state index contributed by atoms with van der Waals surface area (Å²) in [7, 11) is 9.53. The summed E-state index contributed by atoms with van der Waals surface area (Å²) in [6.45, 7) is 8.88. The van der Waals surface area contributed by atoms with Crippen LogP contribution in [-0.2, 0) is 13.1 Å². The molecular weight excluding hydrogens is 469 g/mol. The summed E-state index contributed by atoms with van der Waals surface area (Å²) in [6, 6.07) is 7.29. The van der Waals surface area contributed by atoms with Crippen molar-refractivity contribution in [3.8, 4) is 0 Å². The third-order valence-corrected chi connectivity index (χ3v) is 7.00. The van der Waals surface area contributed by atoms with Gasteiger partial charge in [-0.3, -0.25) is 9.98 Å². The van der Waals surface area contributed by atoms with Gasteiger partial charge < -0.3 is 0 Å². The van der Waals surface area contributed by atoms with E-state index in [9.17, 15) is 0 Å². The van der Waals surface area contributed by atoms with Crippen LogP contribution < -0.4 is 0 Å². The first-order chi connectivity index (χ1) is 15.0. The predicted molar refractivity (Wildman–Crippen MR) is 132 cm³/mol. The molecule has 2 fully saturated rings. The van der Waals surface area contributed by atoms with Crippen LogP contribution in [0.4, 0.5) is 0 Å². The van der Waals surface area contributed by atoms with E-state index in [0.29, 0.717) is 12.1 Å². The minimum absolute atomic E-state index is 0.194. The third-order valence-electron chi connectivity index (χ3n) is 7.00. The molecule has 6 heteroatoms. The molecule has 176 valence electrons. The first kappa shape index (κ1) is 26.8. The Bertz CT molecular complexity index is 667. The number of hydrogen-bond acceptors (Lipinski definition) is 3. The number of hydrogen-bond donors (Lipinski definition) is 0. The van der Waals surface area contributed by atoms with Gasteiger partial charge in [-0.15, -0.1) is 0 Å². The van der Waals surface area contributed by atoms with Gasteiger partial charge in [0.25, 0.3) is 0 Å². The number of nitrogens with zero attached hydrogens (tertiary/aromatic N) is 3. The minimum atomic E-state index is 0.194. The monoisotopic (exact) mass is 507 g/mol. The van der Waals surface area contributed by atoms with Crippen LogP contribution in [0.1, 0.15) is 103 Å². The average molecular weight is 508 g/mol. The van der Waals surface area contributed by atoms with E-state index in [2.05, 4.69) is 45.9 Å². The molecule has 31 heavy (non-hydrogen) atoms. The van der Waals surface area contributed by atoms with Gasteiger partial charge in [0.2, 0.25) is 0 Å². The van der Waals surface area contributed by atoms with Crippen molar-refractivity contribution in [2.45, 2.75) is 104 Å². The van der Waals surface area contributed by atoms with E-state index in [1.165, 1.54) is 64.2 Å². The van der Waals surface area contributed by atoms with Crippen molar-refractivity contribution < 1.29 is 13.1 Å². The maximum atomic E-state index is 5.11. The second-order valence-electron chi connectivity index (χ2n) is 8.93. The molecule has 2 unspecified atom stereocenters. The third kappa shape index (κ3) is 8.46. The van der Waals surface area contributed by atoms with Gasteiger partial charge >= 0.3 is 33.3 Å². The number of aliphatic imine (C=N–C) groups is 2. The molecule has 2 aliphatic carbocycles. The Kier molecular flexibility index (Phi) is 12.7. The fraction of sp³-hybridized carbons (Fsp3) is 0.720. The van der Waals surface area contributed by atoms with Crippen molar-refractivity contribution in [1.82, 2.24) is 4.98 Å². The zero-order chi connectivity index (χ0) is 22.6. The van der Waals surface area contributed by atoms with Gasteiger partial charge in [0, 0.05) is 0 Å². The molecule has 1 aromatic rings. The zero-order valence-electron chi connectivity index (χ0n) is 19.6. The molecule has 0 amide bonds. The predicted octanol–water partition coefficient (Wildman–Crippen LogP) is 8.01. The standard InChI is InChI=1S/C25H39N3.2ClH.Fe/c1-5-20-12-7-9-14-24(20)26-18(3)22-16-11-17-23(28-22)19(4)27-25-15-10-8-13-21(25)6-2;;;/h11,16-17,20-21,24-25H,5-10,12-15H2,1-4H3;2*1H;/q;;;+2/p-2/t20-,21+,24?,25?;;;. The molecule has 0 spiro atoms. The summed E-state index contributed by atoms with van der Waals surface area (Å²) >= 11 is 0.194. The Morgan fingerprint density at radius 1 is 0.839 bits per heavy atom. The Morgan fingerprint density at radius 2 is 1.23 bits per heavy atom. The molecule has 0 bridgehead atoms. The SMILES string of the molecule is CC[C@@H]1CCCCC1N=C(C)c1cccc(C(C)=NC2CCCC[C@@H]2CC)n1.[Cl][Fe][Cl]. The Hall–Kier alpha value is -0.411. The van der Waals surface area contributed by atoms with Crippen LogP contribution in [0.3, 0.4) is 0 Å². The van der Waals surface area contributed by atoms with Crippen LogP contribution in [0.5, 0.6) is 0 Å². The molecule has 3 nitrogen and oxygen atoms in total. The van der Waals surface area contributed by atoms with Gasteiger partial charge in [-0.2, -0.15) is 0 Å². The van der Waals surface area contributed by atoms with E-state index in [0.717, 1.165) is 34.6 Å². The molecule has 0 aromatic carbocycles. The van der Waals surface area contributed by atoms with Crippen LogP contribution in [0.2, 0.25) is 0 Å². The van der Waals surface area contributed by atoms with Gasteiger partial charge in [-0.25, -0.2) is 4.98 Å². The van der Waals surface area contributed by atoms with Crippen molar-refractivity contribution in [2.75, 3.05) is 0 Å². The fourth-order valence-electron chi connectivity index (χ4n) is 5.14. The molecular formula is C25H39Cl2FeN3. The van der Waals surface area contributed by atoms with Crippen molar-refractivity contribution >= 4 is 31.6 Å².